The van der Waals surface area contributed by atoms with Gasteiger partial charge in [-0.05, 0) is 96.5 Å². The lowest BCUT2D eigenvalue weighted by molar-refractivity contribution is -0.156. The number of carbonyl (C=O) groups excluding carboxylic acids is 1. The fraction of sp³-hybridized carbons (Fsp3) is 0.581. The highest BCUT2D eigenvalue weighted by atomic mass is 32.1. The summed E-state index contributed by atoms with van der Waals surface area (Å²) >= 11 is 1.56. The molecule has 2 N–H and O–H groups in total. The smallest absolute Gasteiger partial charge is 0.329 e. The van der Waals surface area contributed by atoms with Crippen LogP contribution in [-0.2, 0) is 27.1 Å². The summed E-state index contributed by atoms with van der Waals surface area (Å²) < 4.78 is 12.5. The van der Waals surface area contributed by atoms with Crippen LogP contribution in [0.5, 0.6) is 0 Å². The molecule has 2 aromatic heterocycles. The van der Waals surface area contributed by atoms with Gasteiger partial charge in [0.15, 0.2) is 5.13 Å². The molecule has 0 saturated carbocycles. The Kier molecular flexibility index (Phi) is 10.8. The highest BCUT2D eigenvalue weighted by Gasteiger charge is 2.27. The van der Waals surface area contributed by atoms with E-state index in [2.05, 4.69) is 34.6 Å². The molecule has 1 aliphatic rings. The Balaban J connectivity index is 1.36. The molecule has 218 valence electrons. The number of benzene rings is 1. The number of ether oxygens (including phenoxy) is 2. The van der Waals surface area contributed by atoms with Crippen molar-refractivity contribution in [2.24, 2.45) is 0 Å². The lowest BCUT2D eigenvalue weighted by atomic mass is 10.1. The van der Waals surface area contributed by atoms with E-state index in [0.717, 1.165) is 78.7 Å². The summed E-state index contributed by atoms with van der Waals surface area (Å²) in [5, 5.41) is 7.56. The molecule has 2 unspecified atom stereocenters. The van der Waals surface area contributed by atoms with E-state index in [1.807, 2.05) is 45.0 Å². The number of anilines is 2. The maximum absolute atomic E-state index is 13.2. The van der Waals surface area contributed by atoms with E-state index >= 15 is 0 Å². The third kappa shape index (κ3) is 9.14. The molecule has 0 amide bonds. The Morgan fingerprint density at radius 3 is 2.75 bits per heavy atom. The Labute approximate surface area is 242 Å². The van der Waals surface area contributed by atoms with Crippen LogP contribution in [-0.4, -0.2) is 71.9 Å². The Morgan fingerprint density at radius 1 is 1.15 bits per heavy atom. The van der Waals surface area contributed by atoms with Crippen LogP contribution in [0.15, 0.2) is 36.4 Å². The van der Waals surface area contributed by atoms with Crippen LogP contribution >= 0.6 is 11.3 Å². The number of aromatic nitrogens is 2. The molecule has 0 bridgehead atoms. The zero-order chi connectivity index (χ0) is 28.5. The molecule has 0 radical (unpaired) electrons. The minimum Gasteiger partial charge on any atom is -0.458 e. The van der Waals surface area contributed by atoms with Crippen LogP contribution in [0.25, 0.3) is 10.2 Å². The number of carbonyl (C=O) groups is 1. The first-order chi connectivity index (χ1) is 19.2. The molecule has 3 aromatic rings. The standard InChI is InChI=1S/C31H45N5O3S/c1-22(38-5)21-36(19-9-8-12-24-16-15-23-11-10-18-32-28(23)33-24)20-17-26(29(37)39-31(2,3)4)35-30-34-25-13-6-7-14-27(25)40-30/h6-7,13-16,22,26H,8-12,17-21H2,1-5H3,(H,32,33)(H,34,35). The molecule has 0 saturated heterocycles. The predicted octanol–water partition coefficient (Wildman–Crippen LogP) is 5.92. The van der Waals surface area contributed by atoms with E-state index < -0.39 is 11.6 Å². The van der Waals surface area contributed by atoms with Gasteiger partial charge in [0.25, 0.3) is 0 Å². The summed E-state index contributed by atoms with van der Waals surface area (Å²) in [5.74, 6) is 0.812. The maximum Gasteiger partial charge on any atom is 0.329 e. The fourth-order valence-corrected chi connectivity index (χ4v) is 5.82. The average Bonchev–Trinajstić information content (AvgIpc) is 3.34. The maximum atomic E-state index is 13.2. The number of nitrogens with zero attached hydrogens (tertiary/aromatic N) is 3. The first-order valence-corrected chi connectivity index (χ1v) is 15.3. The molecule has 4 rings (SSSR count). The lowest BCUT2D eigenvalue weighted by Crippen LogP contribution is -2.41. The van der Waals surface area contributed by atoms with Gasteiger partial charge in [-0.1, -0.05) is 29.5 Å². The minimum absolute atomic E-state index is 0.102. The zero-order valence-corrected chi connectivity index (χ0v) is 25.5. The van der Waals surface area contributed by atoms with Gasteiger partial charge in [0.2, 0.25) is 0 Å². The van der Waals surface area contributed by atoms with E-state index in [9.17, 15) is 4.79 Å². The van der Waals surface area contributed by atoms with Crippen molar-refractivity contribution < 1.29 is 14.3 Å². The third-order valence-corrected chi connectivity index (χ3v) is 8.01. The monoisotopic (exact) mass is 567 g/mol. The number of esters is 1. The number of para-hydroxylation sites is 1. The number of unbranched alkanes of at least 4 members (excludes halogenated alkanes) is 1. The highest BCUT2D eigenvalue weighted by molar-refractivity contribution is 7.22. The first-order valence-electron chi connectivity index (χ1n) is 14.5. The third-order valence-electron chi connectivity index (χ3n) is 7.04. The summed E-state index contributed by atoms with van der Waals surface area (Å²) in [7, 11) is 1.75. The SMILES string of the molecule is COC(C)CN(CCCCc1ccc2c(n1)NCCC2)CCC(Nc1nc2ccccc2s1)C(=O)OC(C)(C)C. The molecule has 0 fully saturated rings. The average molecular weight is 568 g/mol. The molecule has 9 heteroatoms. The number of nitrogens with one attached hydrogen (secondary N) is 2. The topological polar surface area (TPSA) is 88.6 Å². The number of thiazole rings is 1. The van der Waals surface area contributed by atoms with Crippen LogP contribution in [0.2, 0.25) is 0 Å². The Hall–Kier alpha value is -2.75. The second-order valence-corrected chi connectivity index (χ2v) is 12.7. The molecular weight excluding hydrogens is 522 g/mol. The molecule has 2 atom stereocenters. The number of hydrogen-bond donors (Lipinski definition) is 2. The van der Waals surface area contributed by atoms with E-state index in [1.165, 1.54) is 12.0 Å². The second-order valence-electron chi connectivity index (χ2n) is 11.7. The van der Waals surface area contributed by atoms with E-state index in [4.69, 9.17) is 19.4 Å². The van der Waals surface area contributed by atoms with Gasteiger partial charge in [-0.15, -0.1) is 0 Å². The van der Waals surface area contributed by atoms with Gasteiger partial charge >= 0.3 is 5.97 Å². The van der Waals surface area contributed by atoms with Gasteiger partial charge in [-0.2, -0.15) is 0 Å². The molecule has 1 aliphatic heterocycles. The molecule has 0 spiro atoms. The number of fused-ring (bicyclic) bond motifs is 2. The van der Waals surface area contributed by atoms with Crippen LogP contribution in [0.4, 0.5) is 10.9 Å². The summed E-state index contributed by atoms with van der Waals surface area (Å²) in [6.07, 6.45) is 6.07. The quantitative estimate of drug-likeness (QED) is 0.183. The zero-order valence-electron chi connectivity index (χ0n) is 24.7. The van der Waals surface area contributed by atoms with Gasteiger partial charge in [-0.25, -0.2) is 14.8 Å². The van der Waals surface area contributed by atoms with Crippen molar-refractivity contribution in [3.63, 3.8) is 0 Å². The minimum atomic E-state index is -0.560. The molecule has 40 heavy (non-hydrogen) atoms. The van der Waals surface area contributed by atoms with Crippen molar-refractivity contribution >= 4 is 38.5 Å². The van der Waals surface area contributed by atoms with Crippen LogP contribution in [0.3, 0.4) is 0 Å². The van der Waals surface area contributed by atoms with Crippen LogP contribution < -0.4 is 10.6 Å². The predicted molar refractivity (Wildman–Crippen MR) is 164 cm³/mol. The summed E-state index contributed by atoms with van der Waals surface area (Å²) in [5.41, 5.74) is 2.84. The largest absolute Gasteiger partial charge is 0.458 e. The van der Waals surface area contributed by atoms with Gasteiger partial charge in [0, 0.05) is 32.4 Å². The Bertz CT molecular complexity index is 1210. The van der Waals surface area contributed by atoms with Crippen LogP contribution in [0, 0.1) is 0 Å². The van der Waals surface area contributed by atoms with Gasteiger partial charge in [-0.3, -0.25) is 0 Å². The molecule has 0 aliphatic carbocycles. The normalized spacial score (nSPS) is 14.9. The number of rotatable bonds is 14. The van der Waals surface area contributed by atoms with Crippen molar-refractivity contribution in [1.29, 1.82) is 0 Å². The summed E-state index contributed by atoms with van der Waals surface area (Å²) in [6, 6.07) is 11.9. The van der Waals surface area contributed by atoms with E-state index in [1.54, 1.807) is 18.4 Å². The molecule has 8 nitrogen and oxygen atoms in total. The van der Waals surface area contributed by atoms with Crippen molar-refractivity contribution in [3.05, 3.63) is 47.7 Å². The van der Waals surface area contributed by atoms with Gasteiger partial charge < -0.3 is 25.0 Å². The van der Waals surface area contributed by atoms with Crippen molar-refractivity contribution in [1.82, 2.24) is 14.9 Å². The summed E-state index contributed by atoms with van der Waals surface area (Å²) in [6.45, 7) is 11.3. The fourth-order valence-electron chi connectivity index (χ4n) is 4.90. The highest BCUT2D eigenvalue weighted by Crippen LogP contribution is 2.27. The molecule has 3 heterocycles. The van der Waals surface area contributed by atoms with Crippen LogP contribution in [0.1, 0.15) is 64.6 Å². The van der Waals surface area contributed by atoms with E-state index in [0.29, 0.717) is 6.42 Å². The summed E-state index contributed by atoms with van der Waals surface area (Å²) in [4.78, 5) is 25.2. The van der Waals surface area contributed by atoms with Gasteiger partial charge in [0.1, 0.15) is 17.5 Å². The number of hydrogen-bond acceptors (Lipinski definition) is 9. The number of aryl methyl sites for hydroxylation is 2. The second kappa shape index (κ2) is 14.2. The number of pyridine rings is 1. The lowest BCUT2D eigenvalue weighted by Gasteiger charge is -2.28. The van der Waals surface area contributed by atoms with Crippen molar-refractivity contribution in [2.45, 2.75) is 84.0 Å². The Morgan fingerprint density at radius 2 is 1.98 bits per heavy atom. The first kappa shape index (κ1) is 30.2. The van der Waals surface area contributed by atoms with Crippen molar-refractivity contribution in [3.8, 4) is 0 Å². The van der Waals surface area contributed by atoms with Gasteiger partial charge in [0.05, 0.1) is 16.3 Å². The molecular formula is C31H45N5O3S. The van der Waals surface area contributed by atoms with E-state index in [-0.39, 0.29) is 12.1 Å². The number of methoxy groups -OCH3 is 1. The molecule has 1 aromatic carbocycles. The van der Waals surface area contributed by atoms with Crippen molar-refractivity contribution in [2.75, 3.05) is 43.9 Å².